The van der Waals surface area contributed by atoms with E-state index in [1.165, 1.54) is 53.2 Å². The van der Waals surface area contributed by atoms with Gasteiger partial charge in [-0.2, -0.15) is 0 Å². The molecule has 1 aromatic heterocycles. The Morgan fingerprint density at radius 3 is 2.41 bits per heavy atom. The lowest BCUT2D eigenvalue weighted by atomic mass is 9.90. The predicted molar refractivity (Wildman–Crippen MR) is 115 cm³/mol. The quantitative estimate of drug-likeness (QED) is 0.627. The molecule has 148 valence electrons. The van der Waals surface area contributed by atoms with E-state index in [0.717, 1.165) is 32.2 Å². The van der Waals surface area contributed by atoms with E-state index in [1.807, 2.05) is 11.3 Å². The highest BCUT2D eigenvalue weighted by Crippen LogP contribution is 2.25. The topological polar surface area (TPSA) is 15.7 Å². The molecule has 1 saturated heterocycles. The Morgan fingerprint density at radius 2 is 1.78 bits per heavy atom. The number of ether oxygens (including phenoxy) is 1. The summed E-state index contributed by atoms with van der Waals surface area (Å²) < 4.78 is 5.15. The smallest absolute Gasteiger partial charge is 0.0589 e. The second-order valence-corrected chi connectivity index (χ2v) is 9.36. The summed E-state index contributed by atoms with van der Waals surface area (Å²) in [5, 5.41) is 0. The van der Waals surface area contributed by atoms with Gasteiger partial charge in [0.25, 0.3) is 0 Å². The fourth-order valence-electron chi connectivity index (χ4n) is 3.89. The second kappa shape index (κ2) is 10.4. The molecule has 0 unspecified atom stereocenters. The molecular weight excluding hydrogens is 352 g/mol. The van der Waals surface area contributed by atoms with Crippen molar-refractivity contribution in [1.82, 2.24) is 9.80 Å². The number of nitrogens with zero attached hydrogens (tertiary/aromatic N) is 2. The second-order valence-electron chi connectivity index (χ2n) is 7.98. The SMILES string of the molecule is COCCN(C)Cc1ccc(CC2CCN(Cc3ccc(C)s3)CC2)cc1. The highest BCUT2D eigenvalue weighted by atomic mass is 32.1. The standard InChI is InChI=1S/C23H34N2OS/c1-19-4-9-23(27-19)18-25-12-10-21(11-13-25)16-20-5-7-22(8-6-20)17-24(2)14-15-26-3/h4-9,21H,10-18H2,1-3H3. The molecule has 1 aliphatic rings. The minimum atomic E-state index is 0.791. The number of likely N-dealkylation sites (N-methyl/N-ethyl adjacent to an activating group) is 1. The predicted octanol–water partition coefficient (Wildman–Crippen LogP) is 4.59. The molecule has 4 heteroatoms. The summed E-state index contributed by atoms with van der Waals surface area (Å²) >= 11 is 1.94. The summed E-state index contributed by atoms with van der Waals surface area (Å²) in [7, 11) is 3.91. The first kappa shape index (κ1) is 20.5. The fourth-order valence-corrected chi connectivity index (χ4v) is 4.82. The molecule has 0 spiro atoms. The van der Waals surface area contributed by atoms with Gasteiger partial charge in [0.15, 0.2) is 0 Å². The number of aryl methyl sites for hydroxylation is 1. The van der Waals surface area contributed by atoms with Gasteiger partial charge in [0.05, 0.1) is 6.61 Å². The molecule has 2 heterocycles. The van der Waals surface area contributed by atoms with Crippen molar-refractivity contribution in [3.63, 3.8) is 0 Å². The van der Waals surface area contributed by atoms with Gasteiger partial charge < -0.3 is 4.74 Å². The van der Waals surface area contributed by atoms with Crippen molar-refractivity contribution in [2.24, 2.45) is 5.92 Å². The van der Waals surface area contributed by atoms with E-state index in [0.29, 0.717) is 0 Å². The van der Waals surface area contributed by atoms with Crippen molar-refractivity contribution in [3.05, 3.63) is 57.3 Å². The van der Waals surface area contributed by atoms with E-state index >= 15 is 0 Å². The van der Waals surface area contributed by atoms with E-state index in [-0.39, 0.29) is 0 Å². The van der Waals surface area contributed by atoms with Gasteiger partial charge >= 0.3 is 0 Å². The van der Waals surface area contributed by atoms with Gasteiger partial charge in [0.2, 0.25) is 0 Å². The molecule has 0 bridgehead atoms. The maximum absolute atomic E-state index is 5.15. The van der Waals surface area contributed by atoms with Crippen LogP contribution in [-0.4, -0.2) is 50.2 Å². The lowest BCUT2D eigenvalue weighted by Crippen LogP contribution is -2.33. The fraction of sp³-hybridized carbons (Fsp3) is 0.565. The number of thiophene rings is 1. The van der Waals surface area contributed by atoms with Crippen LogP contribution in [0, 0.1) is 12.8 Å². The zero-order chi connectivity index (χ0) is 19.1. The molecule has 0 amide bonds. The van der Waals surface area contributed by atoms with Crippen molar-refractivity contribution in [3.8, 4) is 0 Å². The van der Waals surface area contributed by atoms with Crippen molar-refractivity contribution in [1.29, 1.82) is 0 Å². The highest BCUT2D eigenvalue weighted by molar-refractivity contribution is 7.11. The van der Waals surface area contributed by atoms with E-state index < -0.39 is 0 Å². The average molecular weight is 387 g/mol. The van der Waals surface area contributed by atoms with Crippen LogP contribution in [0.25, 0.3) is 0 Å². The van der Waals surface area contributed by atoms with Crippen LogP contribution < -0.4 is 0 Å². The molecule has 3 nitrogen and oxygen atoms in total. The summed E-state index contributed by atoms with van der Waals surface area (Å²) in [6.45, 7) is 8.57. The van der Waals surface area contributed by atoms with Crippen LogP contribution in [-0.2, 0) is 24.2 Å². The zero-order valence-electron chi connectivity index (χ0n) is 17.1. The van der Waals surface area contributed by atoms with E-state index in [4.69, 9.17) is 4.74 Å². The Kier molecular flexibility index (Phi) is 7.89. The van der Waals surface area contributed by atoms with Crippen LogP contribution in [0.5, 0.6) is 0 Å². The molecule has 3 rings (SSSR count). The lowest BCUT2D eigenvalue weighted by Gasteiger charge is -2.31. The molecule has 2 aromatic rings. The van der Waals surface area contributed by atoms with Crippen LogP contribution >= 0.6 is 11.3 Å². The Morgan fingerprint density at radius 1 is 1.07 bits per heavy atom. The maximum Gasteiger partial charge on any atom is 0.0589 e. The van der Waals surface area contributed by atoms with Crippen LogP contribution in [0.4, 0.5) is 0 Å². The van der Waals surface area contributed by atoms with Gasteiger partial charge in [-0.3, -0.25) is 9.80 Å². The summed E-state index contributed by atoms with van der Waals surface area (Å²) in [5.74, 6) is 0.835. The maximum atomic E-state index is 5.15. The molecule has 0 N–H and O–H groups in total. The van der Waals surface area contributed by atoms with Gasteiger partial charge in [-0.25, -0.2) is 0 Å². The zero-order valence-corrected chi connectivity index (χ0v) is 17.9. The molecule has 0 saturated carbocycles. The van der Waals surface area contributed by atoms with Crippen LogP contribution in [0.2, 0.25) is 0 Å². The third-order valence-electron chi connectivity index (χ3n) is 5.56. The minimum absolute atomic E-state index is 0.791. The number of hydrogen-bond donors (Lipinski definition) is 0. The molecular formula is C23H34N2OS. The van der Waals surface area contributed by atoms with Crippen molar-refractivity contribution in [2.45, 2.75) is 39.3 Å². The van der Waals surface area contributed by atoms with Gasteiger partial charge in [0.1, 0.15) is 0 Å². The van der Waals surface area contributed by atoms with Crippen molar-refractivity contribution in [2.75, 3.05) is 40.4 Å². The Balaban J connectivity index is 1.41. The monoisotopic (exact) mass is 386 g/mol. The van der Waals surface area contributed by atoms with Gasteiger partial charge in [-0.05, 0) is 75.5 Å². The van der Waals surface area contributed by atoms with Crippen LogP contribution in [0.3, 0.4) is 0 Å². The summed E-state index contributed by atoms with van der Waals surface area (Å²) in [6, 6.07) is 13.8. The summed E-state index contributed by atoms with van der Waals surface area (Å²) in [6.07, 6.45) is 3.88. The highest BCUT2D eigenvalue weighted by Gasteiger charge is 2.20. The third-order valence-corrected chi connectivity index (χ3v) is 6.55. The van der Waals surface area contributed by atoms with Gasteiger partial charge in [-0.1, -0.05) is 24.3 Å². The van der Waals surface area contributed by atoms with Gasteiger partial charge in [-0.15, -0.1) is 11.3 Å². The molecule has 0 atom stereocenters. The first-order valence-corrected chi connectivity index (χ1v) is 11.0. The van der Waals surface area contributed by atoms with Crippen molar-refractivity contribution < 1.29 is 4.74 Å². The Bertz CT molecular complexity index is 674. The molecule has 1 aromatic carbocycles. The minimum Gasteiger partial charge on any atom is -0.383 e. The average Bonchev–Trinajstić information content (AvgIpc) is 3.08. The number of methoxy groups -OCH3 is 1. The number of piperidine rings is 1. The summed E-state index contributed by atoms with van der Waals surface area (Å²) in [4.78, 5) is 7.87. The third kappa shape index (κ3) is 6.72. The molecule has 1 fully saturated rings. The normalized spacial score (nSPS) is 16.3. The summed E-state index contributed by atoms with van der Waals surface area (Å²) in [5.41, 5.74) is 2.88. The van der Waals surface area contributed by atoms with E-state index in [1.54, 1.807) is 7.11 Å². The van der Waals surface area contributed by atoms with Gasteiger partial charge in [0, 0.05) is 36.5 Å². The van der Waals surface area contributed by atoms with Crippen LogP contribution in [0.15, 0.2) is 36.4 Å². The number of rotatable bonds is 9. The number of likely N-dealkylation sites (tertiary alicyclic amines) is 1. The largest absolute Gasteiger partial charge is 0.383 e. The first-order chi connectivity index (χ1) is 13.1. The number of hydrogen-bond acceptors (Lipinski definition) is 4. The molecule has 1 aliphatic heterocycles. The molecule has 0 aliphatic carbocycles. The number of benzene rings is 1. The van der Waals surface area contributed by atoms with E-state index in [2.05, 4.69) is 60.2 Å². The Labute approximate surface area is 169 Å². The molecule has 27 heavy (non-hydrogen) atoms. The Hall–Kier alpha value is -1.20. The van der Waals surface area contributed by atoms with Crippen molar-refractivity contribution >= 4 is 11.3 Å². The first-order valence-electron chi connectivity index (χ1n) is 10.2. The van der Waals surface area contributed by atoms with E-state index in [9.17, 15) is 0 Å². The lowest BCUT2D eigenvalue weighted by molar-refractivity contribution is 0.158. The van der Waals surface area contributed by atoms with Crippen LogP contribution in [0.1, 0.15) is 33.7 Å². The molecule has 0 radical (unpaired) electrons.